The predicted molar refractivity (Wildman–Crippen MR) is 118 cm³/mol. The summed E-state index contributed by atoms with van der Waals surface area (Å²) in [6.07, 6.45) is 3.21. The first-order valence-electron chi connectivity index (χ1n) is 8.14. The Morgan fingerprint density at radius 1 is 1.25 bits per heavy atom. The van der Waals surface area contributed by atoms with Crippen molar-refractivity contribution in [2.24, 2.45) is 4.99 Å². The normalized spacial score (nSPS) is 13.1. The van der Waals surface area contributed by atoms with E-state index in [4.69, 9.17) is 4.74 Å². The third-order valence-corrected chi connectivity index (χ3v) is 4.96. The van der Waals surface area contributed by atoms with Gasteiger partial charge in [-0.1, -0.05) is 30.3 Å². The van der Waals surface area contributed by atoms with E-state index < -0.39 is 0 Å². The largest absolute Gasteiger partial charge is 0.374 e. The zero-order chi connectivity index (χ0) is 17.1. The molecular formula is C18H32IN3OS. The molecule has 1 unspecified atom stereocenters. The molecule has 0 saturated heterocycles. The van der Waals surface area contributed by atoms with Crippen LogP contribution < -0.4 is 10.6 Å². The lowest BCUT2D eigenvalue weighted by molar-refractivity contribution is 0.0646. The Kier molecular flexibility index (Phi) is 12.6. The van der Waals surface area contributed by atoms with E-state index in [1.54, 1.807) is 7.05 Å². The lowest BCUT2D eigenvalue weighted by Crippen LogP contribution is -2.43. The molecule has 0 aromatic heterocycles. The molecule has 138 valence electrons. The summed E-state index contributed by atoms with van der Waals surface area (Å²) in [7, 11) is 1.80. The van der Waals surface area contributed by atoms with Gasteiger partial charge in [-0.2, -0.15) is 11.8 Å². The number of benzene rings is 1. The van der Waals surface area contributed by atoms with Crippen LogP contribution in [0.3, 0.4) is 0 Å². The maximum Gasteiger partial charge on any atom is 0.191 e. The summed E-state index contributed by atoms with van der Waals surface area (Å²) in [5.41, 5.74) is 1.22. The first-order valence-corrected chi connectivity index (χ1v) is 9.37. The van der Waals surface area contributed by atoms with E-state index in [2.05, 4.69) is 54.8 Å². The molecule has 0 radical (unpaired) electrons. The predicted octanol–water partition coefficient (Wildman–Crippen LogP) is 4.08. The minimum atomic E-state index is 0. The summed E-state index contributed by atoms with van der Waals surface area (Å²) < 4.78 is 6.07. The van der Waals surface area contributed by atoms with E-state index in [9.17, 15) is 0 Å². The van der Waals surface area contributed by atoms with Gasteiger partial charge in [0.05, 0.1) is 6.10 Å². The number of hydrogen-bond donors (Lipinski definition) is 2. The molecule has 1 aromatic rings. The third kappa shape index (κ3) is 9.74. The van der Waals surface area contributed by atoms with Gasteiger partial charge >= 0.3 is 0 Å². The van der Waals surface area contributed by atoms with Crippen LogP contribution in [0.1, 0.15) is 38.9 Å². The Hall–Kier alpha value is -0.470. The second-order valence-corrected chi connectivity index (χ2v) is 7.61. The average molecular weight is 465 g/mol. The van der Waals surface area contributed by atoms with Gasteiger partial charge in [-0.15, -0.1) is 24.0 Å². The van der Waals surface area contributed by atoms with Crippen LogP contribution in [0.2, 0.25) is 0 Å². The van der Waals surface area contributed by atoms with Crippen molar-refractivity contribution in [3.8, 4) is 0 Å². The molecule has 0 fully saturated rings. The molecule has 0 bridgehead atoms. The molecule has 0 heterocycles. The van der Waals surface area contributed by atoms with Gasteiger partial charge in [0.25, 0.3) is 0 Å². The van der Waals surface area contributed by atoms with Crippen molar-refractivity contribution < 1.29 is 4.74 Å². The highest BCUT2D eigenvalue weighted by molar-refractivity contribution is 14.0. The summed E-state index contributed by atoms with van der Waals surface area (Å²) in [4.78, 5) is 4.25. The Balaban J connectivity index is 0.00000529. The second-order valence-electron chi connectivity index (χ2n) is 6.09. The number of halogens is 1. The summed E-state index contributed by atoms with van der Waals surface area (Å²) in [5, 5.41) is 6.69. The third-order valence-electron chi connectivity index (χ3n) is 3.71. The molecule has 24 heavy (non-hydrogen) atoms. The number of ether oxygens (including phenoxy) is 1. The minimum Gasteiger partial charge on any atom is -0.374 e. The van der Waals surface area contributed by atoms with Gasteiger partial charge in [0, 0.05) is 31.5 Å². The van der Waals surface area contributed by atoms with Crippen LogP contribution in [0.25, 0.3) is 0 Å². The molecule has 1 atom stereocenters. The fourth-order valence-electron chi connectivity index (χ4n) is 1.95. The van der Waals surface area contributed by atoms with Gasteiger partial charge in [-0.05, 0) is 39.0 Å². The lowest BCUT2D eigenvalue weighted by Gasteiger charge is -2.23. The van der Waals surface area contributed by atoms with Crippen molar-refractivity contribution in [3.05, 3.63) is 35.9 Å². The number of thioether (sulfide) groups is 1. The van der Waals surface area contributed by atoms with Crippen molar-refractivity contribution in [1.29, 1.82) is 0 Å². The summed E-state index contributed by atoms with van der Waals surface area (Å²) in [6, 6.07) is 10.3. The number of rotatable bonds is 9. The van der Waals surface area contributed by atoms with Gasteiger partial charge in [0.15, 0.2) is 5.96 Å². The molecule has 0 aliphatic carbocycles. The van der Waals surface area contributed by atoms with Crippen molar-refractivity contribution in [1.82, 2.24) is 10.6 Å². The highest BCUT2D eigenvalue weighted by Gasteiger charge is 2.15. The lowest BCUT2D eigenvalue weighted by atomic mass is 10.1. The highest BCUT2D eigenvalue weighted by Crippen LogP contribution is 2.19. The van der Waals surface area contributed by atoms with Crippen LogP contribution in [-0.2, 0) is 4.74 Å². The molecular weight excluding hydrogens is 433 g/mol. The highest BCUT2D eigenvalue weighted by atomic mass is 127. The van der Waals surface area contributed by atoms with E-state index in [0.29, 0.717) is 0 Å². The molecule has 6 heteroatoms. The van der Waals surface area contributed by atoms with Crippen LogP contribution in [0, 0.1) is 0 Å². The van der Waals surface area contributed by atoms with Gasteiger partial charge in [-0.3, -0.25) is 4.99 Å². The van der Waals surface area contributed by atoms with E-state index in [-0.39, 0.29) is 34.8 Å². The zero-order valence-corrected chi connectivity index (χ0v) is 18.6. The van der Waals surface area contributed by atoms with Crippen LogP contribution in [0.15, 0.2) is 35.3 Å². The number of nitrogens with zero attached hydrogens (tertiary/aromatic N) is 1. The molecule has 1 rings (SSSR count). The summed E-state index contributed by atoms with van der Waals surface area (Å²) >= 11 is 1.85. The Morgan fingerprint density at radius 2 is 1.92 bits per heavy atom. The molecule has 0 aliphatic rings. The van der Waals surface area contributed by atoms with Crippen molar-refractivity contribution >= 4 is 41.7 Å². The fraction of sp³-hybridized carbons (Fsp3) is 0.611. The number of guanidine groups is 1. The topological polar surface area (TPSA) is 45.7 Å². The monoisotopic (exact) mass is 465 g/mol. The quantitative estimate of drug-likeness (QED) is 0.250. The summed E-state index contributed by atoms with van der Waals surface area (Å²) in [5.74, 6) is 0.850. The SMILES string of the molecule is CN=C(NCCCOC(C)c1ccccc1)NCC(C)(C)SC.I. The maximum absolute atomic E-state index is 5.87. The Bertz CT molecular complexity index is 469. The van der Waals surface area contributed by atoms with Crippen molar-refractivity contribution in [2.45, 2.75) is 38.0 Å². The van der Waals surface area contributed by atoms with Gasteiger partial charge < -0.3 is 15.4 Å². The Labute approximate surface area is 168 Å². The van der Waals surface area contributed by atoms with E-state index in [0.717, 1.165) is 32.1 Å². The molecule has 4 nitrogen and oxygen atoms in total. The van der Waals surface area contributed by atoms with Crippen LogP contribution in [0.4, 0.5) is 0 Å². The molecule has 1 aromatic carbocycles. The van der Waals surface area contributed by atoms with Gasteiger partial charge in [-0.25, -0.2) is 0 Å². The second kappa shape index (κ2) is 12.8. The standard InChI is InChI=1S/C18H31N3OS.HI/c1-15(16-10-7-6-8-11-16)22-13-9-12-20-17(19-4)21-14-18(2,3)23-5;/h6-8,10-11,15H,9,12-14H2,1-5H3,(H2,19,20,21);1H. The summed E-state index contributed by atoms with van der Waals surface area (Å²) in [6.45, 7) is 8.99. The number of hydrogen-bond acceptors (Lipinski definition) is 3. The molecule has 0 amide bonds. The smallest absolute Gasteiger partial charge is 0.191 e. The van der Waals surface area contributed by atoms with Crippen LogP contribution in [0.5, 0.6) is 0 Å². The molecule has 0 spiro atoms. The van der Waals surface area contributed by atoms with Gasteiger partial charge in [0.1, 0.15) is 0 Å². The molecule has 2 N–H and O–H groups in total. The van der Waals surface area contributed by atoms with Gasteiger partial charge in [0.2, 0.25) is 0 Å². The Morgan fingerprint density at radius 3 is 2.50 bits per heavy atom. The average Bonchev–Trinajstić information content (AvgIpc) is 2.57. The molecule has 0 saturated carbocycles. The van der Waals surface area contributed by atoms with Crippen molar-refractivity contribution in [2.75, 3.05) is 33.0 Å². The van der Waals surface area contributed by atoms with E-state index in [1.165, 1.54) is 5.56 Å². The maximum atomic E-state index is 5.87. The zero-order valence-electron chi connectivity index (χ0n) is 15.5. The van der Waals surface area contributed by atoms with E-state index in [1.807, 2.05) is 30.0 Å². The van der Waals surface area contributed by atoms with Crippen molar-refractivity contribution in [3.63, 3.8) is 0 Å². The first kappa shape index (κ1) is 23.5. The number of aliphatic imine (C=N–C) groups is 1. The van der Waals surface area contributed by atoms with Crippen LogP contribution in [-0.4, -0.2) is 43.7 Å². The number of nitrogens with one attached hydrogen (secondary N) is 2. The molecule has 0 aliphatic heterocycles. The first-order chi connectivity index (χ1) is 11.0. The minimum absolute atomic E-state index is 0. The van der Waals surface area contributed by atoms with E-state index >= 15 is 0 Å². The van der Waals surface area contributed by atoms with Crippen LogP contribution >= 0.6 is 35.7 Å². The fourth-order valence-corrected chi connectivity index (χ4v) is 2.17.